The van der Waals surface area contributed by atoms with Gasteiger partial charge in [-0.3, -0.25) is 0 Å². The molecule has 0 bridgehead atoms. The second-order valence-electron chi connectivity index (χ2n) is 0. The average molecular weight is 112 g/mol. The van der Waals surface area contributed by atoms with E-state index in [0.29, 0.717) is 0 Å². The molecule has 0 fully saturated rings. The van der Waals surface area contributed by atoms with E-state index < -0.39 is 0 Å². The predicted molar refractivity (Wildman–Crippen MR) is 22.8 cm³/mol. The van der Waals surface area contributed by atoms with Gasteiger partial charge in [0.25, 0.3) is 0 Å². The van der Waals surface area contributed by atoms with Crippen LogP contribution in [0.5, 0.6) is 0 Å². The summed E-state index contributed by atoms with van der Waals surface area (Å²) in [6.45, 7) is 0. The maximum atomic E-state index is 0. The van der Waals surface area contributed by atoms with Gasteiger partial charge in [0.2, 0.25) is 0 Å². The fourth-order valence-corrected chi connectivity index (χ4v) is 0. The molecule has 0 aromatic rings. The Kier molecular flexibility index (Phi) is 10400. The van der Waals surface area contributed by atoms with Crippen LogP contribution in [0.1, 0.15) is 14.9 Å². The van der Waals surface area contributed by atoms with Gasteiger partial charge in [-0.1, -0.05) is 14.9 Å². The van der Waals surface area contributed by atoms with Crippen LogP contribution in [0.25, 0.3) is 0 Å². The molecule has 0 atom stereocenters. The van der Waals surface area contributed by atoms with Crippen LogP contribution in [-0.2, 0) is 18.6 Å². The van der Waals surface area contributed by atoms with E-state index in [1.807, 2.05) is 0 Å². The van der Waals surface area contributed by atoms with Gasteiger partial charge in [-0.05, 0) is 0 Å². The molecule has 0 saturated heterocycles. The van der Waals surface area contributed by atoms with Gasteiger partial charge >= 0.3 is 0 Å². The number of rotatable bonds is 0. The topological polar surface area (TPSA) is 31.5 Å². The van der Waals surface area contributed by atoms with Gasteiger partial charge in [-0.25, -0.2) is 0 Å². The Hall–Kier alpha value is 0.609. The smallest absolute Gasteiger partial charge is 0 e. The van der Waals surface area contributed by atoms with Crippen LogP contribution >= 0.6 is 0 Å². The van der Waals surface area contributed by atoms with Crippen molar-refractivity contribution in [3.63, 3.8) is 0 Å². The minimum atomic E-state index is 0. The van der Waals surface area contributed by atoms with Crippen LogP contribution in [0.4, 0.5) is 0 Å². The van der Waals surface area contributed by atoms with E-state index in [0.717, 1.165) is 0 Å². The van der Waals surface area contributed by atoms with Gasteiger partial charge in [0, 0.05) is 27.0 Å². The Bertz CT molecular complexity index is 9.61. The molecule has 32 valence electrons. The number of hydrogen-bond donors (Lipinski definition) is 0. The van der Waals surface area contributed by atoms with Gasteiger partial charge < -0.3 is 5.48 Å². The van der Waals surface area contributed by atoms with Crippen LogP contribution in [0.2, 0.25) is 0 Å². The van der Waals surface area contributed by atoms with Crippen LogP contribution < -0.4 is 0 Å². The number of hydrogen-bond acceptors (Lipinski definition) is 0. The monoisotopic (exact) mass is 112 g/mol. The molecule has 0 spiro atoms. The van der Waals surface area contributed by atoms with Crippen molar-refractivity contribution in [2.45, 2.75) is 14.9 Å². The molecule has 0 amide bonds. The quantitative estimate of drug-likeness (QED) is 0.397. The van der Waals surface area contributed by atoms with Crippen molar-refractivity contribution < 1.29 is 24.0 Å². The first-order valence-electron chi connectivity index (χ1n) is 0. The second kappa shape index (κ2) is 162. The summed E-state index contributed by atoms with van der Waals surface area (Å²) in [5.74, 6) is 0. The normalized spacial score (nSPS) is 0. The molecule has 2 N–H and O–H groups in total. The summed E-state index contributed by atoms with van der Waals surface area (Å²) in [6, 6.07) is 0. The van der Waals surface area contributed by atoms with Gasteiger partial charge in [0.05, 0.1) is 0 Å². The summed E-state index contributed by atoms with van der Waals surface area (Å²) in [5.41, 5.74) is 0. The Balaban J connectivity index is 0. The largest absolute Gasteiger partial charge is 0.412 e. The molecule has 0 aromatic carbocycles. The molecule has 0 aromatic heterocycles. The summed E-state index contributed by atoms with van der Waals surface area (Å²) in [5, 5.41) is 0. The fraction of sp³-hybridized carbons (Fsp3) is 1.00. The van der Waals surface area contributed by atoms with E-state index in [-0.39, 0.29) is 47.3 Å². The van der Waals surface area contributed by atoms with Crippen molar-refractivity contribution in [2.75, 3.05) is 0 Å². The predicted octanol–water partition coefficient (Wildman–Crippen LogP) is 0.0642. The Morgan fingerprint density at radius 3 is 0.800 bits per heavy atom. The summed E-state index contributed by atoms with van der Waals surface area (Å²) >= 11 is 0. The van der Waals surface area contributed by atoms with Crippen molar-refractivity contribution in [1.29, 1.82) is 0 Å². The third-order valence-electron chi connectivity index (χ3n) is 0. The van der Waals surface area contributed by atoms with Gasteiger partial charge in [-0.2, -0.15) is 0 Å². The average Bonchev–Trinajstić information content (AvgIpc) is 0. The van der Waals surface area contributed by atoms with Crippen molar-refractivity contribution in [3.05, 3.63) is 0 Å². The molecule has 1 nitrogen and oxygen atoms in total. The molecule has 4 radical (unpaired) electrons. The summed E-state index contributed by atoms with van der Waals surface area (Å²) in [7, 11) is 0. The summed E-state index contributed by atoms with van der Waals surface area (Å²) < 4.78 is 0. The van der Waals surface area contributed by atoms with Gasteiger partial charge in [0.15, 0.2) is 0 Å². The first-order chi connectivity index (χ1) is 0. The minimum Gasteiger partial charge on any atom is -0.412 e. The van der Waals surface area contributed by atoms with Gasteiger partial charge in [-0.15, -0.1) is 0 Å². The van der Waals surface area contributed by atoms with E-state index in [4.69, 9.17) is 0 Å². The maximum Gasteiger partial charge on any atom is 0 e. The molecule has 0 aliphatic carbocycles. The van der Waals surface area contributed by atoms with E-state index in [1.165, 1.54) is 0 Å². The molecule has 0 aliphatic rings. The first-order valence-corrected chi connectivity index (χ1v) is 0. The van der Waals surface area contributed by atoms with Crippen molar-refractivity contribution in [2.24, 2.45) is 0 Å². The van der Waals surface area contributed by atoms with E-state index in [9.17, 15) is 0 Å². The van der Waals surface area contributed by atoms with Crippen molar-refractivity contribution >= 4 is 8.41 Å². The minimum absolute atomic E-state index is 0. The van der Waals surface area contributed by atoms with Crippen LogP contribution in [-0.4, -0.2) is 13.9 Å². The summed E-state index contributed by atoms with van der Waals surface area (Å²) in [4.78, 5) is 0. The molecular weight excluding hydrogens is 102 g/mol. The standard InChI is InChI=1S/2CH4.B.H2O.V/h2*1H4;;1H2;. The van der Waals surface area contributed by atoms with Crippen LogP contribution in [0.15, 0.2) is 0 Å². The van der Waals surface area contributed by atoms with Crippen molar-refractivity contribution in [1.82, 2.24) is 0 Å². The molecule has 0 saturated carbocycles. The molecule has 3 heteroatoms. The second-order valence-corrected chi connectivity index (χ2v) is 0. The molecular formula is C2H10BOV. The molecule has 0 aliphatic heterocycles. The summed E-state index contributed by atoms with van der Waals surface area (Å²) in [6.07, 6.45) is 0. The molecule has 0 unspecified atom stereocenters. The third kappa shape index (κ3) is 84.5. The third-order valence-corrected chi connectivity index (χ3v) is 0. The van der Waals surface area contributed by atoms with Crippen molar-refractivity contribution in [3.8, 4) is 0 Å². The Labute approximate surface area is 47.9 Å². The SMILES string of the molecule is C.C.O.[B].[V]. The zero-order valence-corrected chi connectivity index (χ0v) is 2.92. The van der Waals surface area contributed by atoms with E-state index >= 15 is 0 Å². The van der Waals surface area contributed by atoms with E-state index in [1.54, 1.807) is 0 Å². The van der Waals surface area contributed by atoms with E-state index in [2.05, 4.69) is 0 Å². The van der Waals surface area contributed by atoms with Crippen LogP contribution in [0, 0.1) is 0 Å². The fourth-order valence-electron chi connectivity index (χ4n) is 0. The van der Waals surface area contributed by atoms with Gasteiger partial charge in [0.1, 0.15) is 0 Å². The Morgan fingerprint density at radius 1 is 0.800 bits per heavy atom. The zero-order valence-electron chi connectivity index (χ0n) is 1.52. The maximum absolute atomic E-state index is 0. The Morgan fingerprint density at radius 2 is 0.800 bits per heavy atom. The molecule has 0 rings (SSSR count). The van der Waals surface area contributed by atoms with Crippen LogP contribution in [0.3, 0.4) is 0 Å². The molecule has 5 heavy (non-hydrogen) atoms. The zero-order chi connectivity index (χ0) is 0. The molecule has 0 heterocycles. The first kappa shape index (κ1) is 321.